The van der Waals surface area contributed by atoms with Crippen LogP contribution >= 0.6 is 34.2 Å². The number of amides is 1. The number of nitrogens with one attached hydrogen (secondary N) is 1. The van der Waals surface area contributed by atoms with E-state index < -0.39 is 0 Å². The van der Waals surface area contributed by atoms with Gasteiger partial charge >= 0.3 is 0 Å². The van der Waals surface area contributed by atoms with E-state index >= 15 is 0 Å². The zero-order valence-electron chi connectivity index (χ0n) is 25.6. The molecule has 0 fully saturated rings. The number of likely N-dealkylation sites (N-methyl/N-ethyl adjacent to an activating group) is 1. The minimum atomic E-state index is -0.309. The van der Waals surface area contributed by atoms with Crippen LogP contribution in [0.2, 0.25) is 0 Å². The number of anilines is 1. The molecule has 0 aliphatic carbocycles. The second-order valence-electron chi connectivity index (χ2n) is 9.42. The Kier molecular flexibility index (Phi) is 14.0. The summed E-state index contributed by atoms with van der Waals surface area (Å²) in [5.74, 6) is 2.28. The van der Waals surface area contributed by atoms with Crippen molar-refractivity contribution in [1.29, 1.82) is 0 Å². The normalized spacial score (nSPS) is 12.6. The molecule has 0 unspecified atom stereocenters. The molecule has 2 aliphatic heterocycles. The second kappa shape index (κ2) is 17.9. The van der Waals surface area contributed by atoms with Gasteiger partial charge in [-0.25, -0.2) is 9.97 Å². The largest absolute Gasteiger partial charge is 0.497 e. The van der Waals surface area contributed by atoms with Crippen molar-refractivity contribution in [3.05, 3.63) is 98.6 Å². The molecule has 0 atom stereocenters. The van der Waals surface area contributed by atoms with Crippen molar-refractivity contribution in [2.75, 3.05) is 44.3 Å². The highest BCUT2D eigenvalue weighted by atomic mass is 127. The fraction of sp³-hybridized carbons (Fsp3) is 0.290. The molecule has 46 heavy (non-hydrogen) atoms. The van der Waals surface area contributed by atoms with E-state index in [2.05, 4.69) is 37.5 Å². The van der Waals surface area contributed by atoms with Gasteiger partial charge in [0.05, 0.1) is 32.7 Å². The lowest BCUT2D eigenvalue weighted by Gasteiger charge is -2.24. The molecule has 4 aromatic rings. The second-order valence-corrected chi connectivity index (χ2v) is 9.69. The Morgan fingerprint density at radius 1 is 0.870 bits per heavy atom. The number of carbonyl (C=O) groups excluding carboxylic acids is 2. The summed E-state index contributed by atoms with van der Waals surface area (Å²) < 4.78 is 21.6. The molecule has 0 saturated carbocycles. The number of benzene rings is 2. The Labute approximate surface area is 283 Å². The van der Waals surface area contributed by atoms with E-state index in [9.17, 15) is 19.2 Å². The van der Waals surface area contributed by atoms with Crippen LogP contribution in [0.5, 0.6) is 23.3 Å². The maximum atomic E-state index is 12.5. The van der Waals surface area contributed by atoms with Crippen LogP contribution in [0.4, 0.5) is 5.69 Å². The van der Waals surface area contributed by atoms with Gasteiger partial charge in [0, 0.05) is 19.3 Å². The van der Waals surface area contributed by atoms with Crippen molar-refractivity contribution in [2.45, 2.75) is 18.8 Å². The molecule has 6 rings (SSSR count). The molecule has 4 heterocycles. The first-order chi connectivity index (χ1) is 22.2. The number of hydrogen-bond acceptors (Lipinski definition) is 10. The summed E-state index contributed by atoms with van der Waals surface area (Å²) >= 11 is 7.73. The number of ether oxygens (including phenoxy) is 4. The number of hydrogen-bond donors (Lipinski definition) is 1. The van der Waals surface area contributed by atoms with Crippen molar-refractivity contribution in [1.82, 2.24) is 19.5 Å². The number of fused-ring (bicyclic) bond motifs is 2. The van der Waals surface area contributed by atoms with Gasteiger partial charge in [-0.15, -0.1) is 11.6 Å². The quantitative estimate of drug-likeness (QED) is 0.236. The number of methoxy groups -OCH3 is 2. The SMILES string of the molecule is CI.COc1ccc(CCl)cc1.COc1ccc(Cn2cnc3c(c2=O)N(C)C(=O)CO3)cc1.O=C1COc2nc[nH]c(=O)c2C1. The number of alkyl halides is 2. The number of ketones is 1. The molecule has 15 heteroatoms. The number of Topliss-reactive ketones (excluding diaryl/α,β-unsaturated/α-hetero) is 1. The molecule has 0 saturated heterocycles. The summed E-state index contributed by atoms with van der Waals surface area (Å²) in [4.78, 5) is 59.7. The minimum Gasteiger partial charge on any atom is -0.497 e. The van der Waals surface area contributed by atoms with E-state index in [4.69, 9.17) is 30.5 Å². The molecule has 0 bridgehead atoms. The van der Waals surface area contributed by atoms with Crippen molar-refractivity contribution in [3.63, 3.8) is 0 Å². The molecule has 13 nitrogen and oxygen atoms in total. The third kappa shape index (κ3) is 9.53. The average molecular weight is 766 g/mol. The van der Waals surface area contributed by atoms with Crippen molar-refractivity contribution in [2.24, 2.45) is 0 Å². The molecule has 2 aromatic carbocycles. The van der Waals surface area contributed by atoms with E-state index in [1.807, 2.05) is 53.5 Å². The number of aromatic amines is 1. The standard InChI is InChI=1S/C15H15N3O4.C8H9ClO.C7H6N2O3.CH3I/c1-17-12(19)8-22-14-13(17)15(20)18(9-16-14)7-10-3-5-11(21-2)6-4-10;1-10-8-4-2-7(6-9)3-5-8;10-4-1-5-6(11)8-3-9-7(5)12-2-4;1-2/h3-6,9H,7-8H2,1-2H3;2-5H,6H2,1H3;3H,1-2H2,(H,8,9,11);1H3. The van der Waals surface area contributed by atoms with E-state index in [-0.39, 0.29) is 59.9 Å². The Balaban J connectivity index is 0.000000202. The highest BCUT2D eigenvalue weighted by Gasteiger charge is 2.27. The number of halogens is 2. The van der Waals surface area contributed by atoms with Crippen LogP contribution < -0.4 is 35.0 Å². The topological polar surface area (TPSA) is 155 Å². The van der Waals surface area contributed by atoms with Crippen molar-refractivity contribution >= 4 is 51.6 Å². The van der Waals surface area contributed by atoms with Gasteiger partial charge < -0.3 is 28.8 Å². The average Bonchev–Trinajstić information content (AvgIpc) is 3.10. The molecule has 0 radical (unpaired) electrons. The minimum absolute atomic E-state index is 0.0173. The first-order valence-corrected chi connectivity index (χ1v) is 16.3. The van der Waals surface area contributed by atoms with Crippen LogP contribution in [-0.2, 0) is 28.4 Å². The lowest BCUT2D eigenvalue weighted by Crippen LogP contribution is -2.41. The summed E-state index contributed by atoms with van der Waals surface area (Å²) in [6, 6.07) is 15.1. The van der Waals surface area contributed by atoms with Gasteiger partial charge in [-0.1, -0.05) is 46.9 Å². The number of rotatable bonds is 5. The van der Waals surface area contributed by atoms with Gasteiger partial charge in [0.2, 0.25) is 11.8 Å². The molecule has 1 N–H and O–H groups in total. The summed E-state index contributed by atoms with van der Waals surface area (Å²) in [6.45, 7) is 0.271. The van der Waals surface area contributed by atoms with Gasteiger partial charge in [-0.05, 0) is 40.3 Å². The third-order valence-electron chi connectivity index (χ3n) is 6.50. The van der Waals surface area contributed by atoms with Gasteiger partial charge in [-0.2, -0.15) is 0 Å². The number of aromatic nitrogens is 4. The van der Waals surface area contributed by atoms with Crippen LogP contribution in [0.1, 0.15) is 16.7 Å². The lowest BCUT2D eigenvalue weighted by atomic mass is 10.1. The van der Waals surface area contributed by atoms with Crippen molar-refractivity contribution < 1.29 is 28.5 Å². The smallest absolute Gasteiger partial charge is 0.281 e. The molecule has 2 aliphatic rings. The van der Waals surface area contributed by atoms with E-state index in [0.717, 1.165) is 22.6 Å². The highest BCUT2D eigenvalue weighted by Crippen LogP contribution is 2.24. The molecule has 244 valence electrons. The van der Waals surface area contributed by atoms with E-state index in [0.29, 0.717) is 18.0 Å². The third-order valence-corrected chi connectivity index (χ3v) is 6.81. The summed E-state index contributed by atoms with van der Waals surface area (Å²) in [5.41, 5.74) is 1.93. The van der Waals surface area contributed by atoms with Crippen molar-refractivity contribution in [3.8, 4) is 23.3 Å². The Hall–Kier alpha value is -4.44. The van der Waals surface area contributed by atoms with Crippen LogP contribution in [0.3, 0.4) is 0 Å². The lowest BCUT2D eigenvalue weighted by molar-refractivity contribution is -0.122. The predicted molar refractivity (Wildman–Crippen MR) is 181 cm³/mol. The van der Waals surface area contributed by atoms with Gasteiger partial charge in [0.1, 0.15) is 24.4 Å². The Bertz CT molecular complexity index is 1710. The zero-order chi connectivity index (χ0) is 33.6. The zero-order valence-corrected chi connectivity index (χ0v) is 28.5. The summed E-state index contributed by atoms with van der Waals surface area (Å²) in [5, 5.41) is 0. The molecule has 0 spiro atoms. The fourth-order valence-electron chi connectivity index (χ4n) is 4.05. The summed E-state index contributed by atoms with van der Waals surface area (Å²) in [6.07, 6.45) is 2.81. The fourth-order valence-corrected chi connectivity index (χ4v) is 4.23. The van der Waals surface area contributed by atoms with Crippen LogP contribution in [0, 0.1) is 0 Å². The molecular weight excluding hydrogens is 733 g/mol. The number of H-pyrrole nitrogens is 1. The Morgan fingerprint density at radius 3 is 2.04 bits per heavy atom. The Morgan fingerprint density at radius 2 is 1.46 bits per heavy atom. The van der Waals surface area contributed by atoms with Crippen LogP contribution in [0.25, 0.3) is 0 Å². The number of nitrogens with zero attached hydrogens (tertiary/aromatic N) is 4. The molecular formula is C31H33ClIN5O8. The van der Waals surface area contributed by atoms with Crippen LogP contribution in [0.15, 0.2) is 70.8 Å². The maximum absolute atomic E-state index is 12.5. The van der Waals surface area contributed by atoms with Gasteiger partial charge in [0.15, 0.2) is 18.1 Å². The maximum Gasteiger partial charge on any atom is 0.281 e. The predicted octanol–water partition coefficient (Wildman–Crippen LogP) is 3.41. The molecule has 2 aromatic heterocycles. The summed E-state index contributed by atoms with van der Waals surface area (Å²) in [7, 11) is 4.79. The monoisotopic (exact) mass is 765 g/mol. The van der Waals surface area contributed by atoms with Crippen LogP contribution in [-0.4, -0.2) is 70.6 Å². The first kappa shape index (κ1) is 36.0. The van der Waals surface area contributed by atoms with E-state index in [1.165, 1.54) is 22.1 Å². The highest BCUT2D eigenvalue weighted by molar-refractivity contribution is 14.1. The molecule has 1 amide bonds. The number of carbonyl (C=O) groups is 2. The first-order valence-electron chi connectivity index (χ1n) is 13.6. The van der Waals surface area contributed by atoms with Gasteiger partial charge in [0.25, 0.3) is 17.0 Å². The van der Waals surface area contributed by atoms with E-state index in [1.54, 1.807) is 21.3 Å². The van der Waals surface area contributed by atoms with Gasteiger partial charge in [-0.3, -0.25) is 23.7 Å².